The van der Waals surface area contributed by atoms with Crippen molar-refractivity contribution < 1.29 is 24.2 Å². The first-order valence-electron chi connectivity index (χ1n) is 6.63. The van der Waals surface area contributed by atoms with Crippen LogP contribution in [0.2, 0.25) is 5.02 Å². The van der Waals surface area contributed by atoms with Crippen molar-refractivity contribution >= 4 is 29.4 Å². The highest BCUT2D eigenvalue weighted by Crippen LogP contribution is 2.22. The van der Waals surface area contributed by atoms with Gasteiger partial charge in [-0.2, -0.15) is 0 Å². The number of benzene rings is 1. The van der Waals surface area contributed by atoms with E-state index < -0.39 is 18.5 Å². The molecule has 120 valence electrons. The molecule has 0 aliphatic carbocycles. The summed E-state index contributed by atoms with van der Waals surface area (Å²) >= 11 is 5.64. The Labute approximate surface area is 132 Å². The minimum absolute atomic E-state index is 0.0992. The summed E-state index contributed by atoms with van der Waals surface area (Å²) in [6, 6.07) is 3.89. The minimum Gasteiger partial charge on any atom is -0.507 e. The lowest BCUT2D eigenvalue weighted by Crippen LogP contribution is -2.38. The molecule has 0 aliphatic heterocycles. The molecule has 0 bridgehead atoms. The Balaban J connectivity index is 2.37. The summed E-state index contributed by atoms with van der Waals surface area (Å²) in [5.74, 6) is -2.14. The zero-order chi connectivity index (χ0) is 16.5. The number of halogens is 1. The van der Waals surface area contributed by atoms with E-state index in [-0.39, 0.29) is 28.8 Å². The molecular formula is C14H17ClN2O5. The third-order valence-corrected chi connectivity index (χ3v) is 2.77. The largest absolute Gasteiger partial charge is 0.507 e. The van der Waals surface area contributed by atoms with Crippen LogP contribution < -0.4 is 10.6 Å². The Morgan fingerprint density at radius 3 is 2.59 bits per heavy atom. The van der Waals surface area contributed by atoms with E-state index in [1.54, 1.807) is 0 Å². The fraction of sp³-hybridized carbons (Fsp3) is 0.357. The normalized spacial score (nSPS) is 9.91. The van der Waals surface area contributed by atoms with E-state index in [0.717, 1.165) is 6.42 Å². The third kappa shape index (κ3) is 6.01. The summed E-state index contributed by atoms with van der Waals surface area (Å²) in [5, 5.41) is 14.7. The molecule has 22 heavy (non-hydrogen) atoms. The first-order valence-corrected chi connectivity index (χ1v) is 7.01. The maximum atomic E-state index is 11.7. The highest BCUT2D eigenvalue weighted by molar-refractivity contribution is 6.30. The van der Waals surface area contributed by atoms with Gasteiger partial charge in [-0.1, -0.05) is 18.5 Å². The third-order valence-electron chi connectivity index (χ3n) is 2.53. The first kappa shape index (κ1) is 17.8. The van der Waals surface area contributed by atoms with Crippen LogP contribution in [-0.4, -0.2) is 42.6 Å². The topological polar surface area (TPSA) is 105 Å². The Morgan fingerprint density at radius 2 is 1.95 bits per heavy atom. The minimum atomic E-state index is -0.861. The van der Waals surface area contributed by atoms with Crippen molar-refractivity contribution in [1.29, 1.82) is 0 Å². The van der Waals surface area contributed by atoms with E-state index in [9.17, 15) is 19.5 Å². The van der Waals surface area contributed by atoms with Crippen LogP contribution in [-0.2, 0) is 14.3 Å². The molecule has 8 heteroatoms. The molecule has 1 rings (SSSR count). The van der Waals surface area contributed by atoms with Crippen molar-refractivity contribution in [2.75, 3.05) is 19.7 Å². The van der Waals surface area contributed by atoms with Crippen LogP contribution in [0.15, 0.2) is 18.2 Å². The van der Waals surface area contributed by atoms with Crippen LogP contribution in [0.4, 0.5) is 0 Å². The number of carbonyl (C=O) groups is 3. The predicted octanol–water partition coefficient (Wildman–Crippen LogP) is 0.845. The number of rotatable bonds is 7. The van der Waals surface area contributed by atoms with Gasteiger partial charge in [0.15, 0.2) is 6.61 Å². The summed E-state index contributed by atoms with van der Waals surface area (Å²) in [4.78, 5) is 34.4. The summed E-state index contributed by atoms with van der Waals surface area (Å²) < 4.78 is 4.74. The number of hydrogen-bond acceptors (Lipinski definition) is 5. The fourth-order valence-electron chi connectivity index (χ4n) is 1.44. The molecular weight excluding hydrogens is 312 g/mol. The number of aromatic hydroxyl groups is 1. The number of carbonyl (C=O) groups excluding carboxylic acids is 3. The number of ether oxygens (including phenoxy) is 1. The maximum Gasteiger partial charge on any atom is 0.342 e. The smallest absolute Gasteiger partial charge is 0.342 e. The van der Waals surface area contributed by atoms with E-state index in [0.29, 0.717) is 6.54 Å². The number of phenols is 1. The molecule has 7 nitrogen and oxygen atoms in total. The second kappa shape index (κ2) is 8.89. The number of esters is 1. The average molecular weight is 329 g/mol. The van der Waals surface area contributed by atoms with Gasteiger partial charge in [-0.25, -0.2) is 4.79 Å². The van der Waals surface area contributed by atoms with Crippen molar-refractivity contribution in [3.8, 4) is 5.75 Å². The lowest BCUT2D eigenvalue weighted by Gasteiger charge is -2.08. The summed E-state index contributed by atoms with van der Waals surface area (Å²) in [7, 11) is 0. The molecule has 3 N–H and O–H groups in total. The van der Waals surface area contributed by atoms with Crippen LogP contribution in [0.5, 0.6) is 5.75 Å². The van der Waals surface area contributed by atoms with Crippen LogP contribution >= 0.6 is 11.6 Å². The van der Waals surface area contributed by atoms with Gasteiger partial charge in [0.1, 0.15) is 11.3 Å². The van der Waals surface area contributed by atoms with Gasteiger partial charge in [-0.05, 0) is 24.6 Å². The van der Waals surface area contributed by atoms with E-state index in [4.69, 9.17) is 16.3 Å². The summed E-state index contributed by atoms with van der Waals surface area (Å²) in [5.41, 5.74) is -0.0992. The zero-order valence-corrected chi connectivity index (χ0v) is 12.8. The van der Waals surface area contributed by atoms with Gasteiger partial charge >= 0.3 is 5.97 Å². The standard InChI is InChI=1S/C14H17ClN2O5/c1-2-5-16-12(19)7-17-13(20)8-22-14(21)10-4-3-9(15)6-11(10)18/h3-4,6,18H,2,5,7-8H2,1H3,(H,16,19)(H,17,20). The number of phenolic OH excluding ortho intramolecular Hbond substituents is 1. The Hall–Kier alpha value is -2.28. The zero-order valence-electron chi connectivity index (χ0n) is 12.0. The predicted molar refractivity (Wildman–Crippen MR) is 79.7 cm³/mol. The van der Waals surface area contributed by atoms with Crippen molar-refractivity contribution in [3.05, 3.63) is 28.8 Å². The molecule has 0 fully saturated rings. The van der Waals surface area contributed by atoms with Gasteiger partial charge in [0.2, 0.25) is 5.91 Å². The number of hydrogen-bond donors (Lipinski definition) is 3. The molecule has 1 aromatic carbocycles. The second-order valence-corrected chi connectivity index (χ2v) is 4.80. The van der Waals surface area contributed by atoms with Crippen molar-refractivity contribution in [3.63, 3.8) is 0 Å². The van der Waals surface area contributed by atoms with Crippen molar-refractivity contribution in [2.24, 2.45) is 0 Å². The quantitative estimate of drug-likeness (QED) is 0.643. The van der Waals surface area contributed by atoms with Gasteiger partial charge in [-0.15, -0.1) is 0 Å². The SMILES string of the molecule is CCCNC(=O)CNC(=O)COC(=O)c1ccc(Cl)cc1O. The molecule has 0 spiro atoms. The van der Waals surface area contributed by atoms with Gasteiger partial charge in [-0.3, -0.25) is 9.59 Å². The van der Waals surface area contributed by atoms with Crippen LogP contribution in [0.3, 0.4) is 0 Å². The van der Waals surface area contributed by atoms with Crippen molar-refractivity contribution in [2.45, 2.75) is 13.3 Å². The van der Waals surface area contributed by atoms with Crippen LogP contribution in [0, 0.1) is 0 Å². The fourth-order valence-corrected chi connectivity index (χ4v) is 1.61. The second-order valence-electron chi connectivity index (χ2n) is 4.36. The number of nitrogens with one attached hydrogen (secondary N) is 2. The average Bonchev–Trinajstić information content (AvgIpc) is 2.48. The van der Waals surface area contributed by atoms with Crippen LogP contribution in [0.25, 0.3) is 0 Å². The highest BCUT2D eigenvalue weighted by atomic mass is 35.5. The molecule has 0 radical (unpaired) electrons. The highest BCUT2D eigenvalue weighted by Gasteiger charge is 2.15. The molecule has 0 saturated heterocycles. The molecule has 0 saturated carbocycles. The molecule has 1 aromatic rings. The molecule has 0 aromatic heterocycles. The van der Waals surface area contributed by atoms with Gasteiger partial charge < -0.3 is 20.5 Å². The van der Waals surface area contributed by atoms with Gasteiger partial charge in [0.25, 0.3) is 5.91 Å². The Morgan fingerprint density at radius 1 is 1.23 bits per heavy atom. The van der Waals surface area contributed by atoms with E-state index in [2.05, 4.69) is 10.6 Å². The molecule has 0 aliphatic rings. The van der Waals surface area contributed by atoms with Crippen molar-refractivity contribution in [1.82, 2.24) is 10.6 Å². The lowest BCUT2D eigenvalue weighted by atomic mass is 10.2. The number of amides is 2. The first-order chi connectivity index (χ1) is 10.4. The Kier molecular flexibility index (Phi) is 7.18. The monoisotopic (exact) mass is 328 g/mol. The molecule has 0 atom stereocenters. The maximum absolute atomic E-state index is 11.7. The van der Waals surface area contributed by atoms with Gasteiger partial charge in [0, 0.05) is 11.6 Å². The lowest BCUT2D eigenvalue weighted by molar-refractivity contribution is -0.127. The van der Waals surface area contributed by atoms with E-state index in [1.165, 1.54) is 18.2 Å². The Bertz CT molecular complexity index is 562. The van der Waals surface area contributed by atoms with E-state index in [1.807, 2.05) is 6.92 Å². The molecule has 0 unspecified atom stereocenters. The molecule has 0 heterocycles. The summed E-state index contributed by atoms with van der Waals surface area (Å²) in [6.07, 6.45) is 0.794. The molecule has 2 amide bonds. The van der Waals surface area contributed by atoms with Gasteiger partial charge in [0.05, 0.1) is 6.54 Å². The summed E-state index contributed by atoms with van der Waals surface area (Å²) in [6.45, 7) is 1.69. The van der Waals surface area contributed by atoms with E-state index >= 15 is 0 Å². The van der Waals surface area contributed by atoms with Crippen LogP contribution in [0.1, 0.15) is 23.7 Å².